The second-order valence-corrected chi connectivity index (χ2v) is 5.09. The van der Waals surface area contributed by atoms with E-state index < -0.39 is 0 Å². The van der Waals surface area contributed by atoms with Gasteiger partial charge in [-0.3, -0.25) is 9.59 Å². The lowest BCUT2D eigenvalue weighted by molar-refractivity contribution is -0.133. The summed E-state index contributed by atoms with van der Waals surface area (Å²) in [5, 5.41) is 5.98. The first-order valence-corrected chi connectivity index (χ1v) is 7.41. The molecule has 19 heavy (non-hydrogen) atoms. The van der Waals surface area contributed by atoms with Gasteiger partial charge in [0.15, 0.2) is 0 Å². The molecule has 1 fully saturated rings. The fourth-order valence-electron chi connectivity index (χ4n) is 2.54. The minimum atomic E-state index is -0.136. The van der Waals surface area contributed by atoms with Crippen LogP contribution in [0.1, 0.15) is 40.0 Å². The molecule has 0 aromatic carbocycles. The van der Waals surface area contributed by atoms with Crippen LogP contribution >= 0.6 is 0 Å². The predicted molar refractivity (Wildman–Crippen MR) is 75.7 cm³/mol. The molecular formula is C14H27N3O2. The van der Waals surface area contributed by atoms with E-state index in [1.54, 1.807) is 4.90 Å². The van der Waals surface area contributed by atoms with Crippen molar-refractivity contribution in [3.05, 3.63) is 0 Å². The molecule has 5 nitrogen and oxygen atoms in total. The SMILES string of the molecule is CCC1CCNC(C(=O)NCC(=O)N(CC)CC)C1. The third-order valence-corrected chi connectivity index (χ3v) is 3.94. The van der Waals surface area contributed by atoms with Crippen LogP contribution in [-0.4, -0.2) is 48.9 Å². The number of likely N-dealkylation sites (N-methyl/N-ethyl adjacent to an activating group) is 1. The molecule has 0 aromatic heterocycles. The van der Waals surface area contributed by atoms with Crippen LogP contribution in [0.2, 0.25) is 0 Å². The lowest BCUT2D eigenvalue weighted by Gasteiger charge is -2.29. The summed E-state index contributed by atoms with van der Waals surface area (Å²) in [4.78, 5) is 25.5. The van der Waals surface area contributed by atoms with Crippen LogP contribution in [0.5, 0.6) is 0 Å². The first-order chi connectivity index (χ1) is 9.12. The van der Waals surface area contributed by atoms with E-state index in [0.29, 0.717) is 19.0 Å². The topological polar surface area (TPSA) is 61.4 Å². The van der Waals surface area contributed by atoms with E-state index in [1.807, 2.05) is 13.8 Å². The van der Waals surface area contributed by atoms with Crippen molar-refractivity contribution >= 4 is 11.8 Å². The normalized spacial score (nSPS) is 22.9. The number of carbonyl (C=O) groups excluding carboxylic acids is 2. The van der Waals surface area contributed by atoms with Gasteiger partial charge < -0.3 is 15.5 Å². The molecule has 0 radical (unpaired) electrons. The number of amides is 2. The average Bonchev–Trinajstić information content (AvgIpc) is 2.46. The first-order valence-electron chi connectivity index (χ1n) is 7.41. The van der Waals surface area contributed by atoms with E-state index in [1.165, 1.54) is 0 Å². The molecule has 0 spiro atoms. The number of carbonyl (C=O) groups is 2. The Balaban J connectivity index is 2.36. The molecule has 1 aliphatic heterocycles. The molecule has 110 valence electrons. The summed E-state index contributed by atoms with van der Waals surface area (Å²) in [5.74, 6) is 0.565. The smallest absolute Gasteiger partial charge is 0.241 e. The van der Waals surface area contributed by atoms with Gasteiger partial charge in [0.2, 0.25) is 11.8 Å². The Kier molecular flexibility index (Phi) is 6.84. The highest BCUT2D eigenvalue weighted by molar-refractivity contribution is 5.87. The predicted octanol–water partition coefficient (Wildman–Crippen LogP) is 0.749. The van der Waals surface area contributed by atoms with Crippen molar-refractivity contribution in [1.29, 1.82) is 0 Å². The summed E-state index contributed by atoms with van der Waals surface area (Å²) < 4.78 is 0. The molecule has 5 heteroatoms. The standard InChI is InChI=1S/C14H27N3O2/c1-4-11-7-8-15-12(9-11)14(19)16-10-13(18)17(5-2)6-3/h11-12,15H,4-10H2,1-3H3,(H,16,19). The summed E-state index contributed by atoms with van der Waals surface area (Å²) in [6, 6.07) is -0.136. The Bertz CT molecular complexity index is 303. The highest BCUT2D eigenvalue weighted by Crippen LogP contribution is 2.19. The largest absolute Gasteiger partial charge is 0.346 e. The van der Waals surface area contributed by atoms with Gasteiger partial charge in [-0.25, -0.2) is 0 Å². The number of piperidine rings is 1. The summed E-state index contributed by atoms with van der Waals surface area (Å²) in [5.41, 5.74) is 0. The van der Waals surface area contributed by atoms with Gasteiger partial charge in [0.05, 0.1) is 12.6 Å². The van der Waals surface area contributed by atoms with Gasteiger partial charge in [-0.05, 0) is 39.2 Å². The summed E-state index contributed by atoms with van der Waals surface area (Å²) in [7, 11) is 0. The van der Waals surface area contributed by atoms with E-state index in [9.17, 15) is 9.59 Å². The molecule has 0 bridgehead atoms. The van der Waals surface area contributed by atoms with Crippen LogP contribution in [0.15, 0.2) is 0 Å². The van der Waals surface area contributed by atoms with Gasteiger partial charge >= 0.3 is 0 Å². The molecule has 0 aliphatic carbocycles. The van der Waals surface area contributed by atoms with Gasteiger partial charge in [0, 0.05) is 13.1 Å². The first kappa shape index (κ1) is 16.0. The van der Waals surface area contributed by atoms with Crippen molar-refractivity contribution in [1.82, 2.24) is 15.5 Å². The number of nitrogens with one attached hydrogen (secondary N) is 2. The van der Waals surface area contributed by atoms with E-state index in [-0.39, 0.29) is 24.4 Å². The number of hydrogen-bond acceptors (Lipinski definition) is 3. The van der Waals surface area contributed by atoms with Gasteiger partial charge in [-0.15, -0.1) is 0 Å². The molecular weight excluding hydrogens is 242 g/mol. The van der Waals surface area contributed by atoms with Crippen LogP contribution in [0, 0.1) is 5.92 Å². The maximum atomic E-state index is 12.0. The second kappa shape index (κ2) is 8.15. The Morgan fingerprint density at radius 1 is 1.26 bits per heavy atom. The Morgan fingerprint density at radius 3 is 2.53 bits per heavy atom. The molecule has 2 unspecified atom stereocenters. The van der Waals surface area contributed by atoms with Crippen LogP contribution in [0.4, 0.5) is 0 Å². The van der Waals surface area contributed by atoms with Crippen molar-refractivity contribution < 1.29 is 9.59 Å². The van der Waals surface area contributed by atoms with E-state index in [2.05, 4.69) is 17.6 Å². The molecule has 1 heterocycles. The third-order valence-electron chi connectivity index (χ3n) is 3.94. The van der Waals surface area contributed by atoms with E-state index in [4.69, 9.17) is 0 Å². The number of hydrogen-bond donors (Lipinski definition) is 2. The molecule has 1 saturated heterocycles. The van der Waals surface area contributed by atoms with Crippen LogP contribution in [0.25, 0.3) is 0 Å². The van der Waals surface area contributed by atoms with Crippen LogP contribution < -0.4 is 10.6 Å². The van der Waals surface area contributed by atoms with Gasteiger partial charge in [-0.2, -0.15) is 0 Å². The molecule has 0 saturated carbocycles. The average molecular weight is 269 g/mol. The molecule has 1 rings (SSSR count). The van der Waals surface area contributed by atoms with Crippen LogP contribution in [-0.2, 0) is 9.59 Å². The third kappa shape index (κ3) is 4.82. The highest BCUT2D eigenvalue weighted by atomic mass is 16.2. The lowest BCUT2D eigenvalue weighted by atomic mass is 9.90. The van der Waals surface area contributed by atoms with Crippen molar-refractivity contribution in [2.45, 2.75) is 46.1 Å². The molecule has 1 aliphatic rings. The van der Waals surface area contributed by atoms with Gasteiger partial charge in [0.1, 0.15) is 0 Å². The van der Waals surface area contributed by atoms with Crippen molar-refractivity contribution in [3.8, 4) is 0 Å². The zero-order chi connectivity index (χ0) is 14.3. The van der Waals surface area contributed by atoms with Crippen molar-refractivity contribution in [3.63, 3.8) is 0 Å². The van der Waals surface area contributed by atoms with E-state index >= 15 is 0 Å². The Morgan fingerprint density at radius 2 is 1.95 bits per heavy atom. The quantitative estimate of drug-likeness (QED) is 0.748. The minimum absolute atomic E-state index is 0.0128. The lowest BCUT2D eigenvalue weighted by Crippen LogP contribution is -2.50. The van der Waals surface area contributed by atoms with Crippen molar-refractivity contribution in [2.24, 2.45) is 5.92 Å². The van der Waals surface area contributed by atoms with Gasteiger partial charge in [-0.1, -0.05) is 13.3 Å². The summed E-state index contributed by atoms with van der Waals surface area (Å²) >= 11 is 0. The monoisotopic (exact) mass is 269 g/mol. The Hall–Kier alpha value is -1.10. The van der Waals surface area contributed by atoms with E-state index in [0.717, 1.165) is 25.8 Å². The minimum Gasteiger partial charge on any atom is -0.346 e. The molecule has 2 amide bonds. The highest BCUT2D eigenvalue weighted by Gasteiger charge is 2.26. The second-order valence-electron chi connectivity index (χ2n) is 5.09. The van der Waals surface area contributed by atoms with Gasteiger partial charge in [0.25, 0.3) is 0 Å². The zero-order valence-electron chi connectivity index (χ0n) is 12.4. The van der Waals surface area contributed by atoms with Crippen LogP contribution in [0.3, 0.4) is 0 Å². The summed E-state index contributed by atoms with van der Waals surface area (Å²) in [6.07, 6.45) is 3.13. The maximum absolute atomic E-state index is 12.0. The zero-order valence-corrected chi connectivity index (χ0v) is 12.4. The van der Waals surface area contributed by atoms with Crippen molar-refractivity contribution in [2.75, 3.05) is 26.2 Å². The maximum Gasteiger partial charge on any atom is 0.241 e. The molecule has 0 aromatic rings. The Labute approximate surface area is 116 Å². The fourth-order valence-corrected chi connectivity index (χ4v) is 2.54. The summed E-state index contributed by atoms with van der Waals surface area (Å²) in [6.45, 7) is 8.41. The molecule has 2 N–H and O–H groups in total. The number of nitrogens with zero attached hydrogens (tertiary/aromatic N) is 1. The molecule has 2 atom stereocenters. The fraction of sp³-hybridized carbons (Fsp3) is 0.857. The number of rotatable bonds is 6.